The molecule has 0 aliphatic carbocycles. The molecule has 0 atom stereocenters. The molecule has 3 aromatic carbocycles. The van der Waals surface area contributed by atoms with E-state index in [1.807, 2.05) is 84.9 Å². The number of hydrogen-bond acceptors (Lipinski definition) is 3. The quantitative estimate of drug-likeness (QED) is 0.617. The van der Waals surface area contributed by atoms with E-state index in [1.54, 1.807) is 0 Å². The van der Waals surface area contributed by atoms with Crippen LogP contribution in [0.1, 0.15) is 5.56 Å². The molecule has 26 heavy (non-hydrogen) atoms. The highest BCUT2D eigenvalue weighted by Gasteiger charge is 2.04. The van der Waals surface area contributed by atoms with Crippen molar-refractivity contribution in [2.45, 2.75) is 6.42 Å². The molecule has 0 fully saturated rings. The number of carbonyl (C=O) groups is 1. The Morgan fingerprint density at radius 2 is 1.23 bits per heavy atom. The molecule has 0 heterocycles. The number of amides is 1. The van der Waals surface area contributed by atoms with Gasteiger partial charge >= 0.3 is 0 Å². The van der Waals surface area contributed by atoms with E-state index < -0.39 is 0 Å². The second-order valence-electron chi connectivity index (χ2n) is 5.74. The number of benzene rings is 3. The number of hydrogen-bond donors (Lipinski definition) is 1. The maximum absolute atomic E-state index is 12.1. The first-order valence-electron chi connectivity index (χ1n) is 8.54. The minimum atomic E-state index is -0.0406. The highest BCUT2D eigenvalue weighted by atomic mass is 16.5. The van der Waals surface area contributed by atoms with Crippen LogP contribution in [0.5, 0.6) is 11.5 Å². The molecule has 0 saturated heterocycles. The van der Waals surface area contributed by atoms with Gasteiger partial charge in [-0.2, -0.15) is 0 Å². The van der Waals surface area contributed by atoms with Crippen LogP contribution in [0.25, 0.3) is 0 Å². The lowest BCUT2D eigenvalue weighted by Gasteiger charge is -2.09. The van der Waals surface area contributed by atoms with E-state index >= 15 is 0 Å². The number of anilines is 1. The Bertz CT molecular complexity index is 802. The summed E-state index contributed by atoms with van der Waals surface area (Å²) in [6.45, 7) is 0.925. The van der Waals surface area contributed by atoms with Crippen LogP contribution in [-0.2, 0) is 11.2 Å². The van der Waals surface area contributed by atoms with E-state index in [9.17, 15) is 4.79 Å². The fourth-order valence-electron chi connectivity index (χ4n) is 2.46. The number of rotatable bonds is 8. The van der Waals surface area contributed by atoms with Crippen LogP contribution in [0, 0.1) is 0 Å². The monoisotopic (exact) mass is 347 g/mol. The molecule has 3 rings (SSSR count). The molecule has 0 spiro atoms. The summed E-state index contributed by atoms with van der Waals surface area (Å²) in [5.74, 6) is 1.52. The third-order valence-corrected chi connectivity index (χ3v) is 3.71. The van der Waals surface area contributed by atoms with Gasteiger partial charge in [-0.05, 0) is 42.0 Å². The Kier molecular flexibility index (Phi) is 6.26. The lowest BCUT2D eigenvalue weighted by molar-refractivity contribution is -0.115. The van der Waals surface area contributed by atoms with Crippen LogP contribution in [0.4, 0.5) is 5.69 Å². The zero-order chi connectivity index (χ0) is 18.0. The van der Waals surface area contributed by atoms with E-state index in [1.165, 1.54) is 0 Å². The molecule has 0 aliphatic rings. The minimum absolute atomic E-state index is 0.0406. The Balaban J connectivity index is 1.41. The summed E-state index contributed by atoms with van der Waals surface area (Å²) in [5.41, 5.74) is 1.74. The van der Waals surface area contributed by atoms with E-state index in [0.29, 0.717) is 19.6 Å². The van der Waals surface area contributed by atoms with Gasteiger partial charge in [0.15, 0.2) is 0 Å². The van der Waals surface area contributed by atoms with Crippen LogP contribution in [0.2, 0.25) is 0 Å². The van der Waals surface area contributed by atoms with Gasteiger partial charge in [-0.1, -0.05) is 48.5 Å². The van der Waals surface area contributed by atoms with Crippen LogP contribution in [0.3, 0.4) is 0 Å². The molecule has 4 nitrogen and oxygen atoms in total. The molecule has 4 heteroatoms. The zero-order valence-electron chi connectivity index (χ0n) is 14.4. The number of carbonyl (C=O) groups excluding carboxylic acids is 1. The second-order valence-corrected chi connectivity index (χ2v) is 5.74. The van der Waals surface area contributed by atoms with Gasteiger partial charge in [-0.15, -0.1) is 0 Å². The zero-order valence-corrected chi connectivity index (χ0v) is 14.4. The topological polar surface area (TPSA) is 47.6 Å². The second kappa shape index (κ2) is 9.28. The number of nitrogens with one attached hydrogen (secondary N) is 1. The van der Waals surface area contributed by atoms with Crippen molar-refractivity contribution in [3.8, 4) is 11.5 Å². The van der Waals surface area contributed by atoms with Crippen molar-refractivity contribution < 1.29 is 14.3 Å². The Morgan fingerprint density at radius 3 is 1.85 bits per heavy atom. The molecule has 0 bridgehead atoms. The molecule has 0 unspecified atom stereocenters. The van der Waals surface area contributed by atoms with E-state index in [2.05, 4.69) is 5.32 Å². The van der Waals surface area contributed by atoms with Gasteiger partial charge in [-0.25, -0.2) is 0 Å². The molecule has 0 saturated carbocycles. The maximum Gasteiger partial charge on any atom is 0.228 e. The fraction of sp³-hybridized carbons (Fsp3) is 0.136. The van der Waals surface area contributed by atoms with Crippen LogP contribution in [-0.4, -0.2) is 19.1 Å². The summed E-state index contributed by atoms with van der Waals surface area (Å²) in [6, 6.07) is 26.6. The van der Waals surface area contributed by atoms with Gasteiger partial charge in [0.1, 0.15) is 24.7 Å². The van der Waals surface area contributed by atoms with Gasteiger partial charge in [-0.3, -0.25) is 4.79 Å². The molecule has 1 amide bonds. The van der Waals surface area contributed by atoms with Crippen molar-refractivity contribution in [2.75, 3.05) is 18.5 Å². The molecular weight excluding hydrogens is 326 g/mol. The van der Waals surface area contributed by atoms with Crippen molar-refractivity contribution in [1.29, 1.82) is 0 Å². The first-order chi connectivity index (χ1) is 12.8. The largest absolute Gasteiger partial charge is 0.490 e. The Morgan fingerprint density at radius 1 is 0.692 bits per heavy atom. The smallest absolute Gasteiger partial charge is 0.228 e. The normalized spacial score (nSPS) is 10.2. The lowest BCUT2D eigenvalue weighted by atomic mass is 10.1. The fourth-order valence-corrected chi connectivity index (χ4v) is 2.46. The Labute approximate surface area is 153 Å². The van der Waals surface area contributed by atoms with E-state index in [0.717, 1.165) is 22.7 Å². The van der Waals surface area contributed by atoms with Crippen molar-refractivity contribution in [2.24, 2.45) is 0 Å². The molecule has 0 aromatic heterocycles. The van der Waals surface area contributed by atoms with E-state index in [-0.39, 0.29) is 5.91 Å². The van der Waals surface area contributed by atoms with Crippen LogP contribution >= 0.6 is 0 Å². The predicted molar refractivity (Wildman–Crippen MR) is 103 cm³/mol. The lowest BCUT2D eigenvalue weighted by Crippen LogP contribution is -2.14. The Hall–Kier alpha value is -3.27. The molecule has 0 radical (unpaired) electrons. The van der Waals surface area contributed by atoms with E-state index in [4.69, 9.17) is 9.47 Å². The van der Waals surface area contributed by atoms with Gasteiger partial charge in [0.25, 0.3) is 0 Å². The van der Waals surface area contributed by atoms with Crippen LogP contribution in [0.15, 0.2) is 84.9 Å². The first kappa shape index (κ1) is 17.5. The first-order valence-corrected chi connectivity index (χ1v) is 8.54. The summed E-state index contributed by atoms with van der Waals surface area (Å²) in [5, 5.41) is 2.89. The number of ether oxygens (including phenoxy) is 2. The molecular formula is C22H21NO3. The summed E-state index contributed by atoms with van der Waals surface area (Å²) in [4.78, 5) is 12.1. The summed E-state index contributed by atoms with van der Waals surface area (Å²) >= 11 is 0. The molecule has 3 aromatic rings. The van der Waals surface area contributed by atoms with Gasteiger partial charge in [0, 0.05) is 5.69 Å². The average Bonchev–Trinajstić information content (AvgIpc) is 2.68. The summed E-state index contributed by atoms with van der Waals surface area (Å²) < 4.78 is 11.2. The highest BCUT2D eigenvalue weighted by Crippen LogP contribution is 2.16. The predicted octanol–water partition coefficient (Wildman–Crippen LogP) is 4.33. The molecule has 0 aliphatic heterocycles. The van der Waals surface area contributed by atoms with Gasteiger partial charge in [0.2, 0.25) is 5.91 Å². The highest BCUT2D eigenvalue weighted by molar-refractivity contribution is 5.92. The van der Waals surface area contributed by atoms with Crippen LogP contribution < -0.4 is 14.8 Å². The summed E-state index contributed by atoms with van der Waals surface area (Å²) in [7, 11) is 0. The SMILES string of the molecule is O=C(Cc1ccccc1)Nc1ccc(OCCOc2ccccc2)cc1. The van der Waals surface area contributed by atoms with Gasteiger partial charge in [0.05, 0.1) is 6.42 Å². The standard InChI is InChI=1S/C22H21NO3/c24-22(17-18-7-3-1-4-8-18)23-19-11-13-21(14-12-19)26-16-15-25-20-9-5-2-6-10-20/h1-14H,15-17H2,(H,23,24). The third-order valence-electron chi connectivity index (χ3n) is 3.71. The molecule has 1 N–H and O–H groups in total. The average molecular weight is 347 g/mol. The minimum Gasteiger partial charge on any atom is -0.490 e. The molecule has 132 valence electrons. The van der Waals surface area contributed by atoms with Crippen molar-refractivity contribution >= 4 is 11.6 Å². The van der Waals surface area contributed by atoms with Gasteiger partial charge < -0.3 is 14.8 Å². The van der Waals surface area contributed by atoms with Crippen molar-refractivity contribution in [3.05, 3.63) is 90.5 Å². The summed E-state index contributed by atoms with van der Waals surface area (Å²) in [6.07, 6.45) is 0.357. The third kappa shape index (κ3) is 5.67. The number of para-hydroxylation sites is 1. The van der Waals surface area contributed by atoms with Crippen molar-refractivity contribution in [1.82, 2.24) is 0 Å². The maximum atomic E-state index is 12.1. The van der Waals surface area contributed by atoms with Crippen molar-refractivity contribution in [3.63, 3.8) is 0 Å².